The number of allylic oxidation sites excluding steroid dienone is 11. The Hall–Kier alpha value is -3.08. The molecule has 0 saturated heterocycles. The number of carbonyl (C=O) groups excluding carboxylic acids is 3. The molecule has 12 heteroatoms. The smallest absolute Gasteiger partial charge is 0.462 e. The van der Waals surface area contributed by atoms with Gasteiger partial charge in [0, 0.05) is 12.8 Å². The minimum atomic E-state index is -4.76. The summed E-state index contributed by atoms with van der Waals surface area (Å²) < 4.78 is 39.1. The normalized spacial score (nSPS) is 14.1. The fraction of sp³-hybridized carbons (Fsp3) is 0.712. The summed E-state index contributed by atoms with van der Waals surface area (Å²) in [4.78, 5) is 48.1. The molecule has 368 valence electrons. The number of aliphatic hydroxyl groups excluding tert-OH is 1. The first-order valence-corrected chi connectivity index (χ1v) is 26.3. The highest BCUT2D eigenvalue weighted by Crippen LogP contribution is 2.43. The van der Waals surface area contributed by atoms with Crippen LogP contribution in [0.15, 0.2) is 72.9 Å². The van der Waals surface area contributed by atoms with Crippen LogP contribution in [0.1, 0.15) is 201 Å². The molecule has 3 atom stereocenters. The van der Waals surface area contributed by atoms with Gasteiger partial charge in [0.1, 0.15) is 12.7 Å². The fourth-order valence-corrected chi connectivity index (χ4v) is 7.15. The van der Waals surface area contributed by atoms with Crippen molar-refractivity contribution >= 4 is 25.7 Å². The van der Waals surface area contributed by atoms with E-state index in [0.717, 1.165) is 83.5 Å². The van der Waals surface area contributed by atoms with Gasteiger partial charge in [-0.15, -0.1) is 0 Å². The van der Waals surface area contributed by atoms with E-state index < -0.39 is 57.8 Å². The molecule has 0 amide bonds. The van der Waals surface area contributed by atoms with Crippen LogP contribution in [0.25, 0.3) is 0 Å². The van der Waals surface area contributed by atoms with Crippen molar-refractivity contribution in [3.05, 3.63) is 72.9 Å². The van der Waals surface area contributed by atoms with E-state index >= 15 is 0 Å². The molecular formula is C52H89O11P. The Morgan fingerprint density at radius 1 is 0.469 bits per heavy atom. The zero-order valence-corrected chi connectivity index (χ0v) is 41.1. The molecule has 0 bridgehead atoms. The van der Waals surface area contributed by atoms with Crippen LogP contribution in [0.5, 0.6) is 0 Å². The molecule has 0 radical (unpaired) electrons. The van der Waals surface area contributed by atoms with Gasteiger partial charge in [-0.25, -0.2) is 4.57 Å². The maximum Gasteiger partial charge on any atom is 0.472 e. The molecule has 0 aromatic rings. The molecule has 3 unspecified atom stereocenters. The van der Waals surface area contributed by atoms with Crippen LogP contribution in [0.4, 0.5) is 0 Å². The fourth-order valence-electron chi connectivity index (χ4n) is 6.37. The van der Waals surface area contributed by atoms with Crippen LogP contribution in [-0.2, 0) is 42.2 Å². The molecule has 64 heavy (non-hydrogen) atoms. The van der Waals surface area contributed by atoms with E-state index in [9.17, 15) is 28.9 Å². The van der Waals surface area contributed by atoms with Gasteiger partial charge in [0.2, 0.25) is 0 Å². The maximum absolute atomic E-state index is 12.8. The first-order chi connectivity index (χ1) is 31.2. The zero-order valence-electron chi connectivity index (χ0n) is 40.2. The Labute approximate surface area is 388 Å². The Kier molecular flexibility index (Phi) is 44.2. The SMILES string of the molecule is CC/C=C\C/C=C\C/C=C\C/C=C\C/C=C\CC(=O)OC(COC(=O)CCCCCCCCCCC)COP(=O)(O)OCC(CO)OC(=O)CCCCCCC/C=C\CCCCCC. The van der Waals surface area contributed by atoms with E-state index in [-0.39, 0.29) is 25.9 Å². The first-order valence-electron chi connectivity index (χ1n) is 24.8. The van der Waals surface area contributed by atoms with Crippen LogP contribution in [0.3, 0.4) is 0 Å². The number of hydrogen-bond donors (Lipinski definition) is 2. The Morgan fingerprint density at radius 2 is 0.875 bits per heavy atom. The number of rotatable bonds is 45. The van der Waals surface area contributed by atoms with Gasteiger partial charge in [0.25, 0.3) is 0 Å². The summed E-state index contributed by atoms with van der Waals surface area (Å²) in [5.74, 6) is -1.63. The number of unbranched alkanes of at least 4 members (excludes halogenated alkanes) is 17. The summed E-state index contributed by atoms with van der Waals surface area (Å²) in [5.41, 5.74) is 0. The van der Waals surface area contributed by atoms with E-state index in [1.807, 2.05) is 18.2 Å². The van der Waals surface area contributed by atoms with Crippen molar-refractivity contribution in [1.29, 1.82) is 0 Å². The highest BCUT2D eigenvalue weighted by molar-refractivity contribution is 7.47. The molecule has 0 spiro atoms. The van der Waals surface area contributed by atoms with Gasteiger partial charge < -0.3 is 24.2 Å². The lowest BCUT2D eigenvalue weighted by atomic mass is 10.1. The van der Waals surface area contributed by atoms with Crippen molar-refractivity contribution in [2.75, 3.05) is 26.4 Å². The average Bonchev–Trinajstić information content (AvgIpc) is 3.28. The molecule has 0 aliphatic heterocycles. The number of phosphoric acid groups is 1. The van der Waals surface area contributed by atoms with Gasteiger partial charge in [0.15, 0.2) is 6.10 Å². The zero-order chi connectivity index (χ0) is 47.0. The van der Waals surface area contributed by atoms with Crippen LogP contribution in [-0.4, -0.2) is 66.5 Å². The van der Waals surface area contributed by atoms with Crippen LogP contribution in [0, 0.1) is 0 Å². The second-order valence-corrected chi connectivity index (χ2v) is 17.7. The third-order valence-corrected chi connectivity index (χ3v) is 11.1. The second-order valence-electron chi connectivity index (χ2n) is 16.3. The third kappa shape index (κ3) is 44.1. The Bertz CT molecular complexity index is 1350. The minimum absolute atomic E-state index is 0.0653. The number of aliphatic hydroxyl groups is 1. The van der Waals surface area contributed by atoms with E-state index in [1.54, 1.807) is 6.08 Å². The average molecular weight is 921 g/mol. The topological polar surface area (TPSA) is 155 Å². The molecule has 0 fully saturated rings. The van der Waals surface area contributed by atoms with Crippen molar-refractivity contribution in [3.8, 4) is 0 Å². The van der Waals surface area contributed by atoms with Gasteiger partial charge in [0.05, 0.1) is 26.2 Å². The molecule has 0 aliphatic rings. The number of phosphoric ester groups is 1. The molecule has 0 aromatic carbocycles. The van der Waals surface area contributed by atoms with Gasteiger partial charge in [-0.05, 0) is 70.6 Å². The molecule has 0 aliphatic carbocycles. The quantitative estimate of drug-likeness (QED) is 0.0197. The molecule has 0 rings (SSSR count). The standard InChI is InChI=1S/C52H89O11P/c1-4-7-10-13-16-19-21-23-24-26-28-31-34-37-40-43-52(56)63-49(45-59-50(54)41-38-35-32-29-18-15-12-9-6-3)47-61-64(57,58)60-46-48(44-53)62-51(55)42-39-36-33-30-27-25-22-20-17-14-11-8-5-2/h7,10,16,19-20,22-24,28,31,37,40,48-49,53H,4-6,8-9,11-15,17-18,21,25-27,29-30,32-36,38-39,41-47H2,1-3H3,(H,57,58)/b10-7-,19-16-,22-20-,24-23-,31-28-,40-37-. The van der Waals surface area contributed by atoms with E-state index in [2.05, 4.69) is 69.4 Å². The first kappa shape index (κ1) is 60.9. The predicted molar refractivity (Wildman–Crippen MR) is 261 cm³/mol. The molecule has 0 aromatic heterocycles. The highest BCUT2D eigenvalue weighted by atomic mass is 31.2. The van der Waals surface area contributed by atoms with E-state index in [1.165, 1.54) is 57.8 Å². The number of carbonyl (C=O) groups is 3. The lowest BCUT2D eigenvalue weighted by molar-refractivity contribution is -0.160. The van der Waals surface area contributed by atoms with Crippen molar-refractivity contribution in [3.63, 3.8) is 0 Å². The van der Waals surface area contributed by atoms with Crippen LogP contribution in [0.2, 0.25) is 0 Å². The summed E-state index contributed by atoms with van der Waals surface area (Å²) in [6, 6.07) is 0. The number of ether oxygens (including phenoxy) is 3. The third-order valence-electron chi connectivity index (χ3n) is 10.1. The van der Waals surface area contributed by atoms with Crippen molar-refractivity contribution in [1.82, 2.24) is 0 Å². The molecule has 0 saturated carbocycles. The van der Waals surface area contributed by atoms with Gasteiger partial charge in [-0.2, -0.15) is 0 Å². The van der Waals surface area contributed by atoms with Gasteiger partial charge >= 0.3 is 25.7 Å². The largest absolute Gasteiger partial charge is 0.472 e. The van der Waals surface area contributed by atoms with Gasteiger partial charge in [-0.1, -0.05) is 184 Å². The lowest BCUT2D eigenvalue weighted by Gasteiger charge is -2.21. The summed E-state index contributed by atoms with van der Waals surface area (Å²) in [5, 5.41) is 9.75. The van der Waals surface area contributed by atoms with Crippen LogP contribution < -0.4 is 0 Å². The molecular weight excluding hydrogens is 832 g/mol. The number of esters is 3. The minimum Gasteiger partial charge on any atom is -0.462 e. The van der Waals surface area contributed by atoms with Crippen molar-refractivity contribution in [2.45, 2.75) is 213 Å². The summed E-state index contributed by atoms with van der Waals surface area (Å²) in [6.45, 7) is 4.34. The molecule has 11 nitrogen and oxygen atoms in total. The Balaban J connectivity index is 4.84. The summed E-state index contributed by atoms with van der Waals surface area (Å²) in [7, 11) is -4.76. The lowest BCUT2D eigenvalue weighted by Crippen LogP contribution is -2.30. The van der Waals surface area contributed by atoms with Crippen LogP contribution >= 0.6 is 7.82 Å². The van der Waals surface area contributed by atoms with Gasteiger partial charge in [-0.3, -0.25) is 23.4 Å². The summed E-state index contributed by atoms with van der Waals surface area (Å²) >= 11 is 0. The molecule has 2 N–H and O–H groups in total. The molecule has 0 heterocycles. The van der Waals surface area contributed by atoms with E-state index in [4.69, 9.17) is 23.3 Å². The maximum atomic E-state index is 12.8. The highest BCUT2D eigenvalue weighted by Gasteiger charge is 2.28. The monoisotopic (exact) mass is 921 g/mol. The second kappa shape index (κ2) is 46.4. The summed E-state index contributed by atoms with van der Waals surface area (Å²) in [6.07, 6.45) is 49.1. The number of hydrogen-bond acceptors (Lipinski definition) is 10. The predicted octanol–water partition coefficient (Wildman–Crippen LogP) is 13.8. The Morgan fingerprint density at radius 3 is 1.38 bits per heavy atom. The van der Waals surface area contributed by atoms with Crippen molar-refractivity contribution < 1.29 is 52.2 Å². The van der Waals surface area contributed by atoms with Crippen molar-refractivity contribution in [2.24, 2.45) is 0 Å². The van der Waals surface area contributed by atoms with E-state index in [0.29, 0.717) is 19.3 Å².